The molecule has 0 spiro atoms. The van der Waals surface area contributed by atoms with Crippen molar-refractivity contribution < 1.29 is 13.2 Å². The van der Waals surface area contributed by atoms with Crippen molar-refractivity contribution in [3.63, 3.8) is 0 Å². The number of hydrogen-bond acceptors (Lipinski definition) is 5. The molecule has 0 aliphatic carbocycles. The Morgan fingerprint density at radius 1 is 0.885 bits per heavy atom. The lowest BCUT2D eigenvalue weighted by Gasteiger charge is -2.13. The van der Waals surface area contributed by atoms with Crippen LogP contribution in [-0.2, 0) is 6.18 Å². The number of nitriles is 1. The van der Waals surface area contributed by atoms with Crippen molar-refractivity contribution >= 4 is 11.8 Å². The lowest BCUT2D eigenvalue weighted by molar-refractivity contribution is -0.137. The maximum atomic E-state index is 13.2. The molecule has 3 rings (SSSR count). The molecule has 4 N–H and O–H groups in total. The zero-order chi connectivity index (χ0) is 18.9. The van der Waals surface area contributed by atoms with Crippen molar-refractivity contribution in [2.24, 2.45) is 0 Å². The minimum Gasteiger partial charge on any atom is -0.382 e. The zero-order valence-corrected chi connectivity index (χ0v) is 13.2. The second-order valence-electron chi connectivity index (χ2n) is 5.42. The Bertz CT molecular complexity index is 1000. The second kappa shape index (κ2) is 6.37. The number of nitrogens with zero attached hydrogens (tertiary/aromatic N) is 3. The van der Waals surface area contributed by atoms with Crippen LogP contribution in [-0.4, -0.2) is 9.97 Å². The monoisotopic (exact) mass is 355 g/mol. The third-order valence-corrected chi connectivity index (χ3v) is 3.77. The molecule has 0 radical (unpaired) electrons. The average Bonchev–Trinajstić information content (AvgIpc) is 2.60. The molecule has 3 aromatic rings. The fourth-order valence-corrected chi connectivity index (χ4v) is 2.60. The van der Waals surface area contributed by atoms with Crippen LogP contribution in [0.4, 0.5) is 24.9 Å². The summed E-state index contributed by atoms with van der Waals surface area (Å²) in [7, 11) is 0. The van der Waals surface area contributed by atoms with E-state index in [4.69, 9.17) is 11.5 Å². The van der Waals surface area contributed by atoms with Gasteiger partial charge in [0.2, 0.25) is 5.95 Å². The summed E-state index contributed by atoms with van der Waals surface area (Å²) in [5.41, 5.74) is 11.8. The molecule has 26 heavy (non-hydrogen) atoms. The maximum Gasteiger partial charge on any atom is 0.417 e. The van der Waals surface area contributed by atoms with Crippen LogP contribution in [0.2, 0.25) is 0 Å². The summed E-state index contributed by atoms with van der Waals surface area (Å²) in [4.78, 5) is 7.75. The Morgan fingerprint density at radius 3 is 2.12 bits per heavy atom. The molecule has 0 amide bonds. The number of hydrogen-bond donors (Lipinski definition) is 2. The topological polar surface area (TPSA) is 102 Å². The second-order valence-corrected chi connectivity index (χ2v) is 5.42. The van der Waals surface area contributed by atoms with Crippen molar-refractivity contribution in [2.45, 2.75) is 6.18 Å². The lowest BCUT2D eigenvalue weighted by Crippen LogP contribution is -2.07. The van der Waals surface area contributed by atoms with Crippen LogP contribution in [0.15, 0.2) is 48.5 Å². The molecule has 8 heteroatoms. The van der Waals surface area contributed by atoms with Gasteiger partial charge in [-0.25, -0.2) is 4.98 Å². The third-order valence-electron chi connectivity index (χ3n) is 3.77. The molecular formula is C18H12F3N5. The van der Waals surface area contributed by atoms with E-state index in [0.29, 0.717) is 11.1 Å². The number of halogens is 3. The summed E-state index contributed by atoms with van der Waals surface area (Å²) in [6, 6.07) is 13.4. The highest BCUT2D eigenvalue weighted by Gasteiger charge is 2.33. The first-order valence-electron chi connectivity index (χ1n) is 7.41. The molecular weight excluding hydrogens is 343 g/mol. The molecule has 5 nitrogen and oxygen atoms in total. The van der Waals surface area contributed by atoms with E-state index in [9.17, 15) is 18.4 Å². The van der Waals surface area contributed by atoms with Crippen molar-refractivity contribution in [1.82, 2.24) is 9.97 Å². The first-order chi connectivity index (χ1) is 12.3. The molecule has 1 heterocycles. The Kier molecular flexibility index (Phi) is 4.22. The summed E-state index contributed by atoms with van der Waals surface area (Å²) >= 11 is 0. The molecule has 0 fully saturated rings. The quantitative estimate of drug-likeness (QED) is 0.727. The van der Waals surface area contributed by atoms with Crippen LogP contribution >= 0.6 is 0 Å². The van der Waals surface area contributed by atoms with Crippen LogP contribution in [0.5, 0.6) is 0 Å². The number of anilines is 2. The van der Waals surface area contributed by atoms with Gasteiger partial charge < -0.3 is 11.5 Å². The largest absolute Gasteiger partial charge is 0.417 e. The van der Waals surface area contributed by atoms with E-state index >= 15 is 0 Å². The van der Waals surface area contributed by atoms with Crippen LogP contribution in [0, 0.1) is 11.3 Å². The number of benzene rings is 2. The summed E-state index contributed by atoms with van der Waals surface area (Å²) in [6.45, 7) is 0. The fraction of sp³-hybridized carbons (Fsp3) is 0.0556. The number of alkyl halides is 3. The van der Waals surface area contributed by atoms with Gasteiger partial charge >= 0.3 is 6.18 Å². The van der Waals surface area contributed by atoms with Crippen LogP contribution in [0.25, 0.3) is 22.4 Å². The van der Waals surface area contributed by atoms with E-state index in [2.05, 4.69) is 9.97 Å². The molecule has 130 valence electrons. The average molecular weight is 355 g/mol. The summed E-state index contributed by atoms with van der Waals surface area (Å²) in [6.07, 6.45) is -4.46. The Labute approximate surface area is 146 Å². The minimum atomic E-state index is -4.46. The van der Waals surface area contributed by atoms with Crippen molar-refractivity contribution in [1.29, 1.82) is 5.26 Å². The normalized spacial score (nSPS) is 11.2. The van der Waals surface area contributed by atoms with Gasteiger partial charge in [0, 0.05) is 5.56 Å². The van der Waals surface area contributed by atoms with Crippen LogP contribution in [0.3, 0.4) is 0 Å². The molecule has 0 bridgehead atoms. The number of rotatable bonds is 2. The van der Waals surface area contributed by atoms with E-state index in [-0.39, 0.29) is 28.6 Å². The summed E-state index contributed by atoms with van der Waals surface area (Å²) < 4.78 is 39.6. The van der Waals surface area contributed by atoms with Gasteiger partial charge in [-0.1, -0.05) is 42.5 Å². The molecule has 0 unspecified atom stereocenters. The van der Waals surface area contributed by atoms with Gasteiger partial charge in [0.25, 0.3) is 0 Å². The van der Waals surface area contributed by atoms with Gasteiger partial charge in [-0.3, -0.25) is 0 Å². The molecule has 0 aliphatic rings. The molecule has 2 aromatic carbocycles. The number of aromatic nitrogens is 2. The summed E-state index contributed by atoms with van der Waals surface area (Å²) in [5.74, 6) is -0.149. The van der Waals surface area contributed by atoms with Gasteiger partial charge in [0.1, 0.15) is 17.5 Å². The van der Waals surface area contributed by atoms with Gasteiger partial charge in [0.15, 0.2) is 0 Å². The lowest BCUT2D eigenvalue weighted by atomic mass is 9.97. The SMILES string of the molecule is N#Cc1c(N)nc(N)nc1-c1ccc(-c2ccccc2C(F)(F)F)cc1. The highest BCUT2D eigenvalue weighted by molar-refractivity contribution is 5.76. The van der Waals surface area contributed by atoms with E-state index in [1.165, 1.54) is 30.3 Å². The van der Waals surface area contributed by atoms with E-state index in [1.54, 1.807) is 12.1 Å². The van der Waals surface area contributed by atoms with Gasteiger partial charge in [0.05, 0.1) is 11.3 Å². The summed E-state index contributed by atoms with van der Waals surface area (Å²) in [5, 5.41) is 9.23. The smallest absolute Gasteiger partial charge is 0.382 e. The molecule has 0 saturated heterocycles. The van der Waals surface area contributed by atoms with Crippen molar-refractivity contribution in [3.05, 3.63) is 59.7 Å². The Hall–Kier alpha value is -3.60. The van der Waals surface area contributed by atoms with E-state index in [1.807, 2.05) is 6.07 Å². The highest BCUT2D eigenvalue weighted by Crippen LogP contribution is 2.37. The first-order valence-corrected chi connectivity index (χ1v) is 7.41. The van der Waals surface area contributed by atoms with Crippen molar-refractivity contribution in [3.8, 4) is 28.5 Å². The zero-order valence-electron chi connectivity index (χ0n) is 13.2. The van der Waals surface area contributed by atoms with E-state index in [0.717, 1.165) is 6.07 Å². The van der Waals surface area contributed by atoms with Gasteiger partial charge in [-0.15, -0.1) is 0 Å². The predicted molar refractivity (Wildman–Crippen MR) is 91.4 cm³/mol. The van der Waals surface area contributed by atoms with Gasteiger partial charge in [-0.05, 0) is 17.2 Å². The minimum absolute atomic E-state index is 0.0542. The third kappa shape index (κ3) is 3.15. The molecule has 1 aromatic heterocycles. The number of nitrogen functional groups attached to an aromatic ring is 2. The Morgan fingerprint density at radius 2 is 1.50 bits per heavy atom. The maximum absolute atomic E-state index is 13.2. The van der Waals surface area contributed by atoms with Crippen molar-refractivity contribution in [2.75, 3.05) is 11.5 Å². The Balaban J connectivity index is 2.09. The van der Waals surface area contributed by atoms with E-state index < -0.39 is 11.7 Å². The number of nitrogens with two attached hydrogens (primary N) is 2. The predicted octanol–water partition coefficient (Wildman–Crippen LogP) is 3.87. The molecule has 0 atom stereocenters. The molecule has 0 saturated carbocycles. The highest BCUT2D eigenvalue weighted by atomic mass is 19.4. The van der Waals surface area contributed by atoms with Crippen LogP contribution in [0.1, 0.15) is 11.1 Å². The first kappa shape index (κ1) is 17.2. The van der Waals surface area contributed by atoms with Gasteiger partial charge in [-0.2, -0.15) is 23.4 Å². The fourth-order valence-electron chi connectivity index (χ4n) is 2.60. The van der Waals surface area contributed by atoms with Crippen LogP contribution < -0.4 is 11.5 Å². The standard InChI is InChI=1S/C18H12F3N5/c19-18(20,21)14-4-2-1-3-12(14)10-5-7-11(8-6-10)15-13(9-22)16(23)26-17(24)25-15/h1-8H,(H4,23,24,25,26). The molecule has 0 aliphatic heterocycles.